The Hall–Kier alpha value is -0.570. The van der Waals surface area contributed by atoms with Crippen molar-refractivity contribution in [3.05, 3.63) is 0 Å². The highest BCUT2D eigenvalue weighted by Gasteiger charge is 2.65. The molecule has 1 unspecified atom stereocenters. The van der Waals surface area contributed by atoms with Crippen LogP contribution in [-0.4, -0.2) is 30.1 Å². The first kappa shape index (κ1) is 13.4. The molecule has 0 aromatic heterocycles. The molecule has 0 spiro atoms. The lowest BCUT2D eigenvalue weighted by Crippen LogP contribution is -2.43. The smallest absolute Gasteiger partial charge is 0.237 e. The van der Waals surface area contributed by atoms with Crippen LogP contribution in [0.15, 0.2) is 0 Å². The molecular weight excluding hydrogens is 236 g/mol. The molecule has 19 heavy (non-hydrogen) atoms. The number of nitrogens with one attached hydrogen (secondary N) is 1. The predicted molar refractivity (Wildman–Crippen MR) is 76.5 cm³/mol. The first-order valence-electron chi connectivity index (χ1n) is 7.88. The highest BCUT2D eigenvalue weighted by atomic mass is 16.2. The maximum absolute atomic E-state index is 12.2. The van der Waals surface area contributed by atoms with Gasteiger partial charge >= 0.3 is 0 Å². The largest absolute Gasteiger partial charge is 0.325 e. The molecule has 108 valence electrons. The lowest BCUT2D eigenvalue weighted by atomic mass is 10.0. The fraction of sp³-hybridized carbons (Fsp3) is 0.938. The van der Waals surface area contributed by atoms with E-state index < -0.39 is 0 Å². The second-order valence-corrected chi connectivity index (χ2v) is 7.91. The average Bonchev–Trinajstić information content (AvgIpc) is 2.82. The van der Waals surface area contributed by atoms with Gasteiger partial charge < -0.3 is 4.90 Å². The topological polar surface area (TPSA) is 32.3 Å². The van der Waals surface area contributed by atoms with Gasteiger partial charge in [0, 0.05) is 6.54 Å². The number of hydrogen-bond acceptors (Lipinski definition) is 2. The van der Waals surface area contributed by atoms with Gasteiger partial charge in [-0.25, -0.2) is 0 Å². The quantitative estimate of drug-likeness (QED) is 0.850. The summed E-state index contributed by atoms with van der Waals surface area (Å²) >= 11 is 0. The number of hydrogen-bond donors (Lipinski definition) is 1. The lowest BCUT2D eigenvalue weighted by molar-refractivity contribution is -0.129. The Kier molecular flexibility index (Phi) is 2.97. The third-order valence-corrected chi connectivity index (χ3v) is 6.66. The minimum Gasteiger partial charge on any atom is -0.325 e. The van der Waals surface area contributed by atoms with Crippen molar-refractivity contribution in [1.29, 1.82) is 0 Å². The normalized spacial score (nSPS) is 34.2. The van der Waals surface area contributed by atoms with Crippen molar-refractivity contribution in [1.82, 2.24) is 10.2 Å². The van der Waals surface area contributed by atoms with E-state index in [1.807, 2.05) is 0 Å². The van der Waals surface area contributed by atoms with Crippen LogP contribution in [0.25, 0.3) is 0 Å². The van der Waals surface area contributed by atoms with E-state index in [4.69, 9.17) is 0 Å². The molecule has 3 heteroatoms. The Morgan fingerprint density at radius 2 is 1.74 bits per heavy atom. The fourth-order valence-corrected chi connectivity index (χ4v) is 4.45. The minimum atomic E-state index is 0.315. The van der Waals surface area contributed by atoms with Crippen LogP contribution in [0, 0.1) is 22.7 Å². The van der Waals surface area contributed by atoms with Crippen LogP contribution < -0.4 is 5.32 Å². The Bertz CT molecular complexity index is 368. The van der Waals surface area contributed by atoms with Crippen molar-refractivity contribution in [2.24, 2.45) is 22.7 Å². The van der Waals surface area contributed by atoms with Gasteiger partial charge in [0.1, 0.15) is 0 Å². The van der Waals surface area contributed by atoms with Gasteiger partial charge in [-0.15, -0.1) is 0 Å². The molecular formula is C16H28N2O. The molecule has 1 heterocycles. The van der Waals surface area contributed by atoms with E-state index in [2.05, 4.69) is 37.9 Å². The Labute approximate surface area is 117 Å². The zero-order chi connectivity index (χ0) is 13.8. The van der Waals surface area contributed by atoms with Gasteiger partial charge in [0.15, 0.2) is 0 Å². The summed E-state index contributed by atoms with van der Waals surface area (Å²) in [6.07, 6.45) is 5.58. The molecule has 1 aliphatic heterocycles. The van der Waals surface area contributed by atoms with Crippen LogP contribution in [0.4, 0.5) is 0 Å². The molecule has 3 fully saturated rings. The van der Waals surface area contributed by atoms with Crippen molar-refractivity contribution in [3.8, 4) is 0 Å². The summed E-state index contributed by atoms with van der Waals surface area (Å²) in [6.45, 7) is 10.9. The van der Waals surface area contributed by atoms with Crippen molar-refractivity contribution >= 4 is 5.91 Å². The van der Waals surface area contributed by atoms with Gasteiger partial charge in [-0.3, -0.25) is 10.1 Å². The van der Waals surface area contributed by atoms with Crippen LogP contribution in [0.1, 0.15) is 53.4 Å². The molecule has 3 aliphatic rings. The molecule has 2 aliphatic carbocycles. The molecule has 1 atom stereocenters. The van der Waals surface area contributed by atoms with Crippen LogP contribution in [0.5, 0.6) is 0 Å². The number of carbonyl (C=O) groups is 1. The molecule has 1 N–H and O–H groups in total. The molecule has 0 radical (unpaired) electrons. The van der Waals surface area contributed by atoms with Crippen molar-refractivity contribution in [2.75, 3.05) is 13.1 Å². The number of carbonyl (C=O) groups excluding carboxylic acids is 1. The van der Waals surface area contributed by atoms with Gasteiger partial charge in [0.05, 0.1) is 12.7 Å². The monoisotopic (exact) mass is 264 g/mol. The first-order chi connectivity index (χ1) is 8.85. The summed E-state index contributed by atoms with van der Waals surface area (Å²) in [6, 6.07) is 0. The SMILES string of the molecule is CC1(C)C(CN2C(=O)CNC2C2CCCC2)C1(C)C. The molecule has 0 aromatic carbocycles. The minimum absolute atomic E-state index is 0.315. The van der Waals surface area contributed by atoms with Gasteiger partial charge in [-0.05, 0) is 35.5 Å². The third-order valence-electron chi connectivity index (χ3n) is 6.66. The van der Waals surface area contributed by atoms with E-state index in [-0.39, 0.29) is 0 Å². The second kappa shape index (κ2) is 4.21. The number of amides is 1. The van der Waals surface area contributed by atoms with Crippen molar-refractivity contribution in [2.45, 2.75) is 59.5 Å². The summed E-state index contributed by atoms with van der Waals surface area (Å²) in [5.41, 5.74) is 0.742. The Morgan fingerprint density at radius 1 is 1.16 bits per heavy atom. The van der Waals surface area contributed by atoms with Crippen LogP contribution >= 0.6 is 0 Å². The highest BCUT2D eigenvalue weighted by Crippen LogP contribution is 2.68. The summed E-state index contributed by atoms with van der Waals surface area (Å²) in [5, 5.41) is 3.46. The molecule has 1 amide bonds. The molecule has 3 rings (SSSR count). The maximum Gasteiger partial charge on any atom is 0.237 e. The van der Waals surface area contributed by atoms with Gasteiger partial charge in [-0.2, -0.15) is 0 Å². The summed E-state index contributed by atoms with van der Waals surface area (Å²) in [7, 11) is 0. The molecule has 0 bridgehead atoms. The summed E-state index contributed by atoms with van der Waals surface area (Å²) in [5.74, 6) is 1.65. The van der Waals surface area contributed by atoms with E-state index in [9.17, 15) is 4.79 Å². The predicted octanol–water partition coefficient (Wildman–Crippen LogP) is 2.62. The van der Waals surface area contributed by atoms with Crippen molar-refractivity contribution < 1.29 is 4.79 Å². The van der Waals surface area contributed by atoms with E-state index in [0.29, 0.717) is 41.3 Å². The number of rotatable bonds is 3. The molecule has 1 saturated heterocycles. The second-order valence-electron chi connectivity index (χ2n) is 7.91. The zero-order valence-corrected chi connectivity index (χ0v) is 12.8. The van der Waals surface area contributed by atoms with Crippen molar-refractivity contribution in [3.63, 3.8) is 0 Å². The number of nitrogens with zero attached hydrogens (tertiary/aromatic N) is 1. The highest BCUT2D eigenvalue weighted by molar-refractivity contribution is 5.80. The zero-order valence-electron chi connectivity index (χ0n) is 12.8. The molecule has 3 nitrogen and oxygen atoms in total. The lowest BCUT2D eigenvalue weighted by Gasteiger charge is -2.29. The summed E-state index contributed by atoms with van der Waals surface area (Å²) in [4.78, 5) is 14.4. The van der Waals surface area contributed by atoms with Crippen LogP contribution in [0.2, 0.25) is 0 Å². The fourth-order valence-electron chi connectivity index (χ4n) is 4.45. The van der Waals surface area contributed by atoms with Crippen LogP contribution in [0.3, 0.4) is 0 Å². The average molecular weight is 264 g/mol. The van der Waals surface area contributed by atoms with Gasteiger partial charge in [0.2, 0.25) is 5.91 Å². The summed E-state index contributed by atoms with van der Waals surface area (Å²) < 4.78 is 0. The first-order valence-corrected chi connectivity index (χ1v) is 7.88. The van der Waals surface area contributed by atoms with Gasteiger partial charge in [-0.1, -0.05) is 40.5 Å². The van der Waals surface area contributed by atoms with Gasteiger partial charge in [0.25, 0.3) is 0 Å². The van der Waals surface area contributed by atoms with E-state index in [1.54, 1.807) is 0 Å². The molecule has 2 saturated carbocycles. The maximum atomic E-state index is 12.2. The Balaban J connectivity index is 1.70. The van der Waals surface area contributed by atoms with E-state index >= 15 is 0 Å². The molecule has 0 aromatic rings. The Morgan fingerprint density at radius 3 is 2.26 bits per heavy atom. The van der Waals surface area contributed by atoms with E-state index in [0.717, 1.165) is 6.54 Å². The van der Waals surface area contributed by atoms with Crippen LogP contribution in [-0.2, 0) is 4.79 Å². The standard InChI is InChI=1S/C16H28N2O/c1-15(2)12(16(15,3)4)10-18-13(19)9-17-14(18)11-7-5-6-8-11/h11-12,14,17H,5-10H2,1-4H3. The van der Waals surface area contributed by atoms with E-state index in [1.165, 1.54) is 25.7 Å². The third kappa shape index (κ3) is 1.93.